The van der Waals surface area contributed by atoms with E-state index >= 15 is 0 Å². The first-order valence-electron chi connectivity index (χ1n) is 5.93. The third kappa shape index (κ3) is 2.73. The van der Waals surface area contributed by atoms with Crippen LogP contribution in [0.4, 0.5) is 0 Å². The van der Waals surface area contributed by atoms with Crippen molar-refractivity contribution in [1.29, 1.82) is 0 Å². The lowest BCUT2D eigenvalue weighted by atomic mass is 10.0. The van der Waals surface area contributed by atoms with Crippen LogP contribution in [-0.4, -0.2) is 16.9 Å². The van der Waals surface area contributed by atoms with Crippen molar-refractivity contribution >= 4 is 11.8 Å². The zero-order valence-electron chi connectivity index (χ0n) is 9.90. The summed E-state index contributed by atoms with van der Waals surface area (Å²) in [5.74, 6) is -0.350. The van der Waals surface area contributed by atoms with E-state index in [1.165, 1.54) is 11.1 Å². The molecule has 0 bridgehead atoms. The van der Waals surface area contributed by atoms with Gasteiger partial charge in [-0.3, -0.25) is 9.59 Å². The lowest BCUT2D eigenvalue weighted by Crippen LogP contribution is -2.04. The van der Waals surface area contributed by atoms with E-state index in [2.05, 4.69) is 6.92 Å². The Morgan fingerprint density at radius 2 is 1.94 bits per heavy atom. The molecule has 3 nitrogen and oxygen atoms in total. The molecule has 0 saturated heterocycles. The largest absolute Gasteiger partial charge is 0.481 e. The van der Waals surface area contributed by atoms with E-state index in [0.717, 1.165) is 12.8 Å². The fourth-order valence-corrected chi connectivity index (χ4v) is 2.38. The van der Waals surface area contributed by atoms with E-state index in [0.29, 0.717) is 11.5 Å². The maximum atomic E-state index is 11.8. The van der Waals surface area contributed by atoms with Crippen LogP contribution in [-0.2, 0) is 17.6 Å². The molecule has 0 saturated carbocycles. The third-order valence-corrected chi connectivity index (χ3v) is 3.23. The lowest BCUT2D eigenvalue weighted by molar-refractivity contribution is -0.136. The van der Waals surface area contributed by atoms with Gasteiger partial charge in [-0.15, -0.1) is 0 Å². The standard InChI is InChI=1S/C14H16O3/c1-9-6-10-2-3-11(8-12(10)7-9)13(15)4-5-14(16)17/h2-3,8-9H,4-7H2,1H3,(H,16,17). The topological polar surface area (TPSA) is 54.4 Å². The van der Waals surface area contributed by atoms with E-state index in [9.17, 15) is 9.59 Å². The third-order valence-electron chi connectivity index (χ3n) is 3.23. The molecule has 1 aliphatic rings. The molecule has 1 atom stereocenters. The summed E-state index contributed by atoms with van der Waals surface area (Å²) in [6.45, 7) is 2.20. The van der Waals surface area contributed by atoms with Crippen LogP contribution in [0.5, 0.6) is 0 Å². The molecule has 1 aromatic carbocycles. The molecule has 0 radical (unpaired) electrons. The predicted molar refractivity (Wildman–Crippen MR) is 64.2 cm³/mol. The van der Waals surface area contributed by atoms with Gasteiger partial charge in [0, 0.05) is 12.0 Å². The van der Waals surface area contributed by atoms with Gasteiger partial charge in [-0.25, -0.2) is 0 Å². The van der Waals surface area contributed by atoms with Gasteiger partial charge >= 0.3 is 5.97 Å². The van der Waals surface area contributed by atoms with Crippen molar-refractivity contribution in [3.63, 3.8) is 0 Å². The molecule has 90 valence electrons. The van der Waals surface area contributed by atoms with Crippen LogP contribution >= 0.6 is 0 Å². The normalized spacial score (nSPS) is 17.8. The SMILES string of the molecule is CC1Cc2ccc(C(=O)CCC(=O)O)cc2C1. The number of carbonyl (C=O) groups excluding carboxylic acids is 1. The van der Waals surface area contributed by atoms with Gasteiger partial charge in [-0.2, -0.15) is 0 Å². The molecule has 1 N–H and O–H groups in total. The number of hydrogen-bond donors (Lipinski definition) is 1. The van der Waals surface area contributed by atoms with Gasteiger partial charge in [0.2, 0.25) is 0 Å². The van der Waals surface area contributed by atoms with Gasteiger partial charge in [-0.1, -0.05) is 19.1 Å². The van der Waals surface area contributed by atoms with Crippen molar-refractivity contribution in [3.05, 3.63) is 34.9 Å². The number of hydrogen-bond acceptors (Lipinski definition) is 2. The van der Waals surface area contributed by atoms with Crippen molar-refractivity contribution in [1.82, 2.24) is 0 Å². The average Bonchev–Trinajstić information content (AvgIpc) is 2.64. The monoisotopic (exact) mass is 232 g/mol. The number of carboxylic acids is 1. The quantitative estimate of drug-likeness (QED) is 0.811. The Balaban J connectivity index is 2.10. The molecule has 0 amide bonds. The fraction of sp³-hybridized carbons (Fsp3) is 0.429. The van der Waals surface area contributed by atoms with Gasteiger partial charge in [0.05, 0.1) is 6.42 Å². The number of benzene rings is 1. The summed E-state index contributed by atoms with van der Waals surface area (Å²) in [5, 5.41) is 8.55. The number of carbonyl (C=O) groups is 2. The number of fused-ring (bicyclic) bond motifs is 1. The number of aliphatic carboxylic acids is 1. The van der Waals surface area contributed by atoms with E-state index in [1.54, 1.807) is 0 Å². The zero-order chi connectivity index (χ0) is 12.4. The summed E-state index contributed by atoms with van der Waals surface area (Å²) >= 11 is 0. The first-order valence-corrected chi connectivity index (χ1v) is 5.93. The minimum atomic E-state index is -0.923. The van der Waals surface area contributed by atoms with Crippen LogP contribution in [0.1, 0.15) is 41.3 Å². The Morgan fingerprint density at radius 1 is 1.24 bits per heavy atom. The molecule has 1 unspecified atom stereocenters. The smallest absolute Gasteiger partial charge is 0.303 e. The average molecular weight is 232 g/mol. The number of rotatable bonds is 4. The molecular weight excluding hydrogens is 216 g/mol. The van der Waals surface area contributed by atoms with Crippen LogP contribution in [0.2, 0.25) is 0 Å². The van der Waals surface area contributed by atoms with Crippen LogP contribution < -0.4 is 0 Å². The molecule has 0 spiro atoms. The molecule has 1 aliphatic carbocycles. The highest BCUT2D eigenvalue weighted by molar-refractivity contribution is 5.97. The Kier molecular flexibility index (Phi) is 3.27. The summed E-state index contributed by atoms with van der Waals surface area (Å²) in [6, 6.07) is 5.76. The number of Topliss-reactive ketones (excluding diaryl/α,β-unsaturated/α-hetero) is 1. The van der Waals surface area contributed by atoms with Gasteiger partial charge in [0.25, 0.3) is 0 Å². The second-order valence-electron chi connectivity index (χ2n) is 4.81. The van der Waals surface area contributed by atoms with Crippen LogP contribution in [0.3, 0.4) is 0 Å². The van der Waals surface area contributed by atoms with Crippen molar-refractivity contribution in [3.8, 4) is 0 Å². The van der Waals surface area contributed by atoms with Crippen LogP contribution in [0, 0.1) is 5.92 Å². The maximum absolute atomic E-state index is 11.8. The van der Waals surface area contributed by atoms with Crippen molar-refractivity contribution < 1.29 is 14.7 Å². The predicted octanol–water partition coefficient (Wildman–Crippen LogP) is 2.47. The van der Waals surface area contributed by atoms with Crippen molar-refractivity contribution in [2.45, 2.75) is 32.6 Å². The van der Waals surface area contributed by atoms with Crippen molar-refractivity contribution in [2.75, 3.05) is 0 Å². The van der Waals surface area contributed by atoms with E-state index in [4.69, 9.17) is 5.11 Å². The highest BCUT2D eigenvalue weighted by atomic mass is 16.4. The summed E-state index contributed by atoms with van der Waals surface area (Å²) in [6.07, 6.45) is 2.10. The van der Waals surface area contributed by atoms with E-state index < -0.39 is 5.97 Å². The summed E-state index contributed by atoms with van der Waals surface area (Å²) in [4.78, 5) is 22.2. The Morgan fingerprint density at radius 3 is 2.65 bits per heavy atom. The molecule has 0 fully saturated rings. The molecule has 3 heteroatoms. The van der Waals surface area contributed by atoms with Crippen LogP contribution in [0.25, 0.3) is 0 Å². The lowest BCUT2D eigenvalue weighted by Gasteiger charge is -2.03. The first-order chi connectivity index (χ1) is 8.06. The molecule has 1 aromatic rings. The second kappa shape index (κ2) is 4.70. The van der Waals surface area contributed by atoms with E-state index in [-0.39, 0.29) is 18.6 Å². The first kappa shape index (κ1) is 11.8. The molecule has 0 heterocycles. The molecule has 0 aliphatic heterocycles. The summed E-state index contributed by atoms with van der Waals surface area (Å²) < 4.78 is 0. The highest BCUT2D eigenvalue weighted by Crippen LogP contribution is 2.27. The summed E-state index contributed by atoms with van der Waals surface area (Å²) in [5.41, 5.74) is 3.23. The summed E-state index contributed by atoms with van der Waals surface area (Å²) in [7, 11) is 0. The second-order valence-corrected chi connectivity index (χ2v) is 4.81. The van der Waals surface area contributed by atoms with Gasteiger partial charge in [0.15, 0.2) is 5.78 Å². The fourth-order valence-electron chi connectivity index (χ4n) is 2.38. The Bertz CT molecular complexity index is 463. The molecular formula is C14H16O3. The van der Waals surface area contributed by atoms with E-state index in [1.807, 2.05) is 18.2 Å². The number of carboxylic acid groups (broad SMARTS) is 1. The minimum absolute atomic E-state index is 0.0743. The molecule has 17 heavy (non-hydrogen) atoms. The Labute approximate surface area is 100 Å². The van der Waals surface area contributed by atoms with Gasteiger partial charge in [-0.05, 0) is 36.0 Å². The number of ketones is 1. The minimum Gasteiger partial charge on any atom is -0.481 e. The molecule has 2 rings (SSSR count). The van der Waals surface area contributed by atoms with Crippen LogP contribution in [0.15, 0.2) is 18.2 Å². The van der Waals surface area contributed by atoms with Gasteiger partial charge in [0.1, 0.15) is 0 Å². The zero-order valence-corrected chi connectivity index (χ0v) is 9.90. The highest BCUT2D eigenvalue weighted by Gasteiger charge is 2.19. The Hall–Kier alpha value is -1.64. The maximum Gasteiger partial charge on any atom is 0.303 e. The van der Waals surface area contributed by atoms with Crippen molar-refractivity contribution in [2.24, 2.45) is 5.92 Å². The van der Waals surface area contributed by atoms with Gasteiger partial charge < -0.3 is 5.11 Å². The molecule has 0 aromatic heterocycles.